The molecule has 0 saturated heterocycles. The smallest absolute Gasteiger partial charge is 0.132 e. The van der Waals surface area contributed by atoms with E-state index >= 15 is 0 Å². The SMILES string of the molecule is CSc1cc(N(C)CC2CC(N)C2)ncn1. The van der Waals surface area contributed by atoms with E-state index in [9.17, 15) is 0 Å². The number of hydrogen-bond acceptors (Lipinski definition) is 5. The second-order valence-corrected chi connectivity index (χ2v) is 5.22. The zero-order valence-electron chi connectivity index (χ0n) is 9.76. The second kappa shape index (κ2) is 5.01. The summed E-state index contributed by atoms with van der Waals surface area (Å²) in [5, 5.41) is 1.02. The minimum Gasteiger partial charge on any atom is -0.359 e. The molecule has 1 saturated carbocycles. The Labute approximate surface area is 101 Å². The third-order valence-corrected chi connectivity index (χ3v) is 3.67. The quantitative estimate of drug-likeness (QED) is 0.634. The first-order chi connectivity index (χ1) is 7.69. The maximum Gasteiger partial charge on any atom is 0.132 e. The molecule has 1 aliphatic rings. The predicted octanol–water partition coefficient (Wildman–Crippen LogP) is 1.37. The van der Waals surface area contributed by atoms with E-state index in [4.69, 9.17) is 5.73 Å². The Kier molecular flexibility index (Phi) is 3.66. The second-order valence-electron chi connectivity index (χ2n) is 4.40. The number of aromatic nitrogens is 2. The lowest BCUT2D eigenvalue weighted by molar-refractivity contribution is 0.270. The molecule has 16 heavy (non-hydrogen) atoms. The highest BCUT2D eigenvalue weighted by Gasteiger charge is 2.27. The van der Waals surface area contributed by atoms with Crippen LogP contribution in [0.25, 0.3) is 0 Å². The Bertz CT molecular complexity index is 352. The van der Waals surface area contributed by atoms with Crippen molar-refractivity contribution in [1.29, 1.82) is 0 Å². The maximum absolute atomic E-state index is 5.78. The van der Waals surface area contributed by atoms with Gasteiger partial charge < -0.3 is 10.6 Å². The van der Waals surface area contributed by atoms with Gasteiger partial charge in [-0.05, 0) is 25.0 Å². The molecule has 1 heterocycles. The summed E-state index contributed by atoms with van der Waals surface area (Å²) in [5.74, 6) is 1.73. The summed E-state index contributed by atoms with van der Waals surface area (Å²) in [6.07, 6.45) is 5.94. The van der Waals surface area contributed by atoms with Crippen LogP contribution in [-0.2, 0) is 0 Å². The zero-order chi connectivity index (χ0) is 11.5. The molecular weight excluding hydrogens is 220 g/mol. The van der Waals surface area contributed by atoms with Gasteiger partial charge in [0.15, 0.2) is 0 Å². The minimum absolute atomic E-state index is 0.422. The fourth-order valence-corrected chi connectivity index (χ4v) is 2.44. The number of anilines is 1. The van der Waals surface area contributed by atoms with E-state index < -0.39 is 0 Å². The van der Waals surface area contributed by atoms with E-state index in [2.05, 4.69) is 21.9 Å². The maximum atomic E-state index is 5.78. The molecule has 0 bridgehead atoms. The molecule has 0 radical (unpaired) electrons. The lowest BCUT2D eigenvalue weighted by atomic mass is 9.81. The van der Waals surface area contributed by atoms with Gasteiger partial charge in [0.2, 0.25) is 0 Å². The number of rotatable bonds is 4. The van der Waals surface area contributed by atoms with Crippen molar-refractivity contribution in [3.63, 3.8) is 0 Å². The molecule has 0 aliphatic heterocycles. The van der Waals surface area contributed by atoms with Gasteiger partial charge in [-0.1, -0.05) is 0 Å². The summed E-state index contributed by atoms with van der Waals surface area (Å²) in [4.78, 5) is 10.7. The Morgan fingerprint density at radius 1 is 1.50 bits per heavy atom. The average Bonchev–Trinajstić information content (AvgIpc) is 2.27. The van der Waals surface area contributed by atoms with Crippen LogP contribution in [0.15, 0.2) is 17.4 Å². The molecule has 0 atom stereocenters. The lowest BCUT2D eigenvalue weighted by Crippen LogP contribution is -2.42. The average molecular weight is 238 g/mol. The van der Waals surface area contributed by atoms with Gasteiger partial charge >= 0.3 is 0 Å². The van der Waals surface area contributed by atoms with E-state index in [1.165, 1.54) is 0 Å². The molecule has 5 heteroatoms. The third kappa shape index (κ3) is 2.65. The first-order valence-electron chi connectivity index (χ1n) is 5.51. The fraction of sp³-hybridized carbons (Fsp3) is 0.636. The molecule has 1 aliphatic carbocycles. The van der Waals surface area contributed by atoms with Crippen molar-refractivity contribution in [2.75, 3.05) is 24.7 Å². The minimum atomic E-state index is 0.422. The molecule has 1 fully saturated rings. The highest BCUT2D eigenvalue weighted by atomic mass is 32.2. The summed E-state index contributed by atoms with van der Waals surface area (Å²) in [5.41, 5.74) is 5.78. The lowest BCUT2D eigenvalue weighted by Gasteiger charge is -2.35. The van der Waals surface area contributed by atoms with Crippen LogP contribution in [-0.4, -0.2) is 35.9 Å². The van der Waals surface area contributed by atoms with Crippen LogP contribution < -0.4 is 10.6 Å². The number of thioether (sulfide) groups is 1. The molecule has 88 valence electrons. The van der Waals surface area contributed by atoms with Gasteiger partial charge in [0.1, 0.15) is 17.2 Å². The van der Waals surface area contributed by atoms with E-state index in [1.807, 2.05) is 12.3 Å². The van der Waals surface area contributed by atoms with Crippen LogP contribution in [0.5, 0.6) is 0 Å². The molecule has 2 rings (SSSR count). The zero-order valence-corrected chi connectivity index (χ0v) is 10.6. The standard InChI is InChI=1S/C11H18N4S/c1-15(6-8-3-9(12)4-8)10-5-11(16-2)14-7-13-10/h5,7-9H,3-4,6,12H2,1-2H3. The van der Waals surface area contributed by atoms with Crippen LogP contribution in [0.3, 0.4) is 0 Å². The summed E-state index contributed by atoms with van der Waals surface area (Å²) in [6.45, 7) is 1.04. The molecule has 1 aromatic heterocycles. The van der Waals surface area contributed by atoms with E-state index in [0.717, 1.165) is 36.1 Å². The first kappa shape index (κ1) is 11.7. The van der Waals surface area contributed by atoms with Crippen molar-refractivity contribution in [1.82, 2.24) is 9.97 Å². The van der Waals surface area contributed by atoms with Crippen LogP contribution in [0.2, 0.25) is 0 Å². The van der Waals surface area contributed by atoms with Crippen molar-refractivity contribution in [2.24, 2.45) is 11.7 Å². The Morgan fingerprint density at radius 2 is 2.25 bits per heavy atom. The van der Waals surface area contributed by atoms with Gasteiger partial charge in [-0.15, -0.1) is 11.8 Å². The highest BCUT2D eigenvalue weighted by molar-refractivity contribution is 7.98. The molecule has 2 N–H and O–H groups in total. The van der Waals surface area contributed by atoms with Gasteiger partial charge in [0.05, 0.1) is 0 Å². The van der Waals surface area contributed by atoms with Crippen LogP contribution in [0, 0.1) is 5.92 Å². The summed E-state index contributed by atoms with van der Waals surface area (Å²) < 4.78 is 0. The normalized spacial score (nSPS) is 23.9. The molecule has 0 unspecified atom stereocenters. The van der Waals surface area contributed by atoms with Gasteiger partial charge in [-0.3, -0.25) is 0 Å². The monoisotopic (exact) mass is 238 g/mol. The molecule has 1 aromatic rings. The number of nitrogens with zero attached hydrogens (tertiary/aromatic N) is 3. The van der Waals surface area contributed by atoms with Gasteiger partial charge in [0, 0.05) is 25.7 Å². The van der Waals surface area contributed by atoms with Gasteiger partial charge in [-0.2, -0.15) is 0 Å². The molecule has 0 spiro atoms. The Balaban J connectivity index is 1.94. The van der Waals surface area contributed by atoms with Crippen molar-refractivity contribution >= 4 is 17.6 Å². The molecular formula is C11H18N4S. The molecule has 4 nitrogen and oxygen atoms in total. The first-order valence-corrected chi connectivity index (χ1v) is 6.74. The van der Waals surface area contributed by atoms with Crippen LogP contribution >= 0.6 is 11.8 Å². The summed E-state index contributed by atoms with van der Waals surface area (Å²) in [7, 11) is 2.08. The van der Waals surface area contributed by atoms with E-state index in [0.29, 0.717) is 6.04 Å². The van der Waals surface area contributed by atoms with Crippen LogP contribution in [0.1, 0.15) is 12.8 Å². The highest BCUT2D eigenvalue weighted by Crippen LogP contribution is 2.27. The predicted molar refractivity (Wildman–Crippen MR) is 67.8 cm³/mol. The van der Waals surface area contributed by atoms with Crippen molar-refractivity contribution in [2.45, 2.75) is 23.9 Å². The summed E-state index contributed by atoms with van der Waals surface area (Å²) >= 11 is 1.64. The van der Waals surface area contributed by atoms with Crippen molar-refractivity contribution in [3.05, 3.63) is 12.4 Å². The molecule has 0 amide bonds. The number of hydrogen-bond donors (Lipinski definition) is 1. The van der Waals surface area contributed by atoms with E-state index in [-0.39, 0.29) is 0 Å². The largest absolute Gasteiger partial charge is 0.359 e. The van der Waals surface area contributed by atoms with Crippen molar-refractivity contribution < 1.29 is 0 Å². The topological polar surface area (TPSA) is 55.0 Å². The Morgan fingerprint density at radius 3 is 2.88 bits per heavy atom. The van der Waals surface area contributed by atoms with Crippen LogP contribution in [0.4, 0.5) is 5.82 Å². The third-order valence-electron chi connectivity index (χ3n) is 3.03. The number of nitrogens with two attached hydrogens (primary N) is 1. The van der Waals surface area contributed by atoms with Crippen molar-refractivity contribution in [3.8, 4) is 0 Å². The fourth-order valence-electron chi connectivity index (χ4n) is 2.07. The Hall–Kier alpha value is -0.810. The summed E-state index contributed by atoms with van der Waals surface area (Å²) in [6, 6.07) is 2.45. The van der Waals surface area contributed by atoms with E-state index in [1.54, 1.807) is 18.1 Å². The van der Waals surface area contributed by atoms with Gasteiger partial charge in [-0.25, -0.2) is 9.97 Å². The van der Waals surface area contributed by atoms with Gasteiger partial charge in [0.25, 0.3) is 0 Å². The molecule has 0 aromatic carbocycles.